The molecule has 11 heteroatoms. The van der Waals surface area contributed by atoms with Gasteiger partial charge in [-0.05, 0) is 44.0 Å². The molecule has 5 aliphatic rings. The standard InChI is InChI=1S/C34H46N4O7/c1-2-44-26-12-10-25(11-13-26)37-17-7-9-27-28(31(37)40)29-32(41)38(16-5-3-4-6-22-39)30-33(42)36(15-8-14-34(29,30)45-27)19-18-35-20-23-43-24-21-35/h7-14,27-30,39H,2-6,15-24H2,1H3/t27-,28+,29+,30?,34+/m1/s1. The first-order valence-electron chi connectivity index (χ1n) is 16.5. The second kappa shape index (κ2) is 14.0. The van der Waals surface area contributed by atoms with Crippen LogP contribution in [0.5, 0.6) is 5.75 Å². The Morgan fingerprint density at radius 3 is 2.44 bits per heavy atom. The predicted molar refractivity (Wildman–Crippen MR) is 168 cm³/mol. The van der Waals surface area contributed by atoms with E-state index in [1.54, 1.807) is 9.80 Å². The van der Waals surface area contributed by atoms with Crippen molar-refractivity contribution in [2.24, 2.45) is 11.8 Å². The third kappa shape index (κ3) is 6.15. The van der Waals surface area contributed by atoms with E-state index in [9.17, 15) is 19.5 Å². The van der Waals surface area contributed by atoms with Crippen molar-refractivity contribution in [2.75, 3.05) is 77.1 Å². The Hall–Kier alpha value is -3.25. The Morgan fingerprint density at radius 2 is 1.69 bits per heavy atom. The molecule has 5 aliphatic heterocycles. The fourth-order valence-corrected chi connectivity index (χ4v) is 7.58. The van der Waals surface area contributed by atoms with Crippen LogP contribution in [0.3, 0.4) is 0 Å². The van der Waals surface area contributed by atoms with Crippen LogP contribution in [0.2, 0.25) is 0 Å². The average molecular weight is 623 g/mol. The van der Waals surface area contributed by atoms with E-state index in [1.807, 2.05) is 60.4 Å². The third-order valence-corrected chi connectivity index (χ3v) is 9.80. The normalized spacial score (nSPS) is 29.9. The van der Waals surface area contributed by atoms with Gasteiger partial charge in [-0.15, -0.1) is 0 Å². The highest BCUT2D eigenvalue weighted by Gasteiger charge is 2.71. The first-order valence-corrected chi connectivity index (χ1v) is 16.5. The minimum Gasteiger partial charge on any atom is -0.494 e. The number of benzene rings is 1. The van der Waals surface area contributed by atoms with Gasteiger partial charge < -0.3 is 34.0 Å². The summed E-state index contributed by atoms with van der Waals surface area (Å²) in [5.41, 5.74) is -0.511. The van der Waals surface area contributed by atoms with Crippen LogP contribution in [0.4, 0.5) is 5.69 Å². The fourth-order valence-electron chi connectivity index (χ4n) is 7.58. The lowest BCUT2D eigenvalue weighted by Crippen LogP contribution is -2.56. The lowest BCUT2D eigenvalue weighted by Gasteiger charge is -2.36. The second-order valence-corrected chi connectivity index (χ2v) is 12.5. The van der Waals surface area contributed by atoms with Crippen molar-refractivity contribution in [2.45, 2.75) is 50.4 Å². The second-order valence-electron chi connectivity index (χ2n) is 12.5. The summed E-state index contributed by atoms with van der Waals surface area (Å²) in [6, 6.07) is 6.57. The molecule has 0 aliphatic carbocycles. The largest absolute Gasteiger partial charge is 0.494 e. The number of hydrogen-bond acceptors (Lipinski definition) is 8. The lowest BCUT2D eigenvalue weighted by molar-refractivity contribution is -0.147. The maximum atomic E-state index is 14.5. The smallest absolute Gasteiger partial charge is 0.249 e. The van der Waals surface area contributed by atoms with Crippen molar-refractivity contribution in [1.29, 1.82) is 0 Å². The van der Waals surface area contributed by atoms with Crippen LogP contribution in [-0.4, -0.2) is 128 Å². The lowest BCUT2D eigenvalue weighted by atomic mass is 9.77. The zero-order valence-corrected chi connectivity index (χ0v) is 26.2. The van der Waals surface area contributed by atoms with E-state index in [0.29, 0.717) is 58.8 Å². The summed E-state index contributed by atoms with van der Waals surface area (Å²) in [6.45, 7) is 8.09. The number of ether oxygens (including phenoxy) is 3. The summed E-state index contributed by atoms with van der Waals surface area (Å²) < 4.78 is 17.9. The van der Waals surface area contributed by atoms with Gasteiger partial charge >= 0.3 is 0 Å². The summed E-state index contributed by atoms with van der Waals surface area (Å²) in [5.74, 6) is -1.36. The number of aliphatic hydroxyl groups excluding tert-OH is 1. The summed E-state index contributed by atoms with van der Waals surface area (Å²) in [7, 11) is 0. The van der Waals surface area contributed by atoms with Gasteiger partial charge in [0, 0.05) is 58.1 Å². The van der Waals surface area contributed by atoms with Crippen LogP contribution in [0.1, 0.15) is 32.6 Å². The van der Waals surface area contributed by atoms with E-state index in [2.05, 4.69) is 4.90 Å². The molecule has 45 heavy (non-hydrogen) atoms. The number of anilines is 1. The highest BCUT2D eigenvalue weighted by atomic mass is 16.5. The van der Waals surface area contributed by atoms with Crippen LogP contribution in [0.15, 0.2) is 48.6 Å². The molecule has 3 amide bonds. The molecule has 11 nitrogen and oxygen atoms in total. The van der Waals surface area contributed by atoms with Crippen LogP contribution in [0, 0.1) is 11.8 Å². The van der Waals surface area contributed by atoms with Crippen LogP contribution >= 0.6 is 0 Å². The van der Waals surface area contributed by atoms with Crippen LogP contribution in [0.25, 0.3) is 0 Å². The molecule has 1 aromatic carbocycles. The molecule has 5 heterocycles. The van der Waals surface area contributed by atoms with Crippen molar-refractivity contribution in [3.8, 4) is 5.75 Å². The number of morpholine rings is 1. The quantitative estimate of drug-likeness (QED) is 0.278. The SMILES string of the molecule is CCOc1ccc(N2CC=C[C@H]3O[C@]45C=CCN(CCN6CCOCC6)C(=O)C4N(CCCCCCO)C(=O)[C@@H]5[C@H]3C2=O)cc1. The molecular weight excluding hydrogens is 576 g/mol. The summed E-state index contributed by atoms with van der Waals surface area (Å²) in [5, 5.41) is 9.22. The van der Waals surface area contributed by atoms with E-state index in [4.69, 9.17) is 14.2 Å². The number of hydrogen-bond donors (Lipinski definition) is 1. The van der Waals surface area contributed by atoms with Crippen molar-refractivity contribution < 1.29 is 33.7 Å². The summed E-state index contributed by atoms with van der Waals surface area (Å²) >= 11 is 0. The monoisotopic (exact) mass is 622 g/mol. The maximum absolute atomic E-state index is 14.5. The molecule has 5 atom stereocenters. The van der Waals surface area contributed by atoms with Gasteiger partial charge in [0.05, 0.1) is 37.8 Å². The van der Waals surface area contributed by atoms with Gasteiger partial charge in [-0.1, -0.05) is 37.1 Å². The number of carbonyl (C=O) groups is 3. The number of amides is 3. The predicted octanol–water partition coefficient (Wildman–Crippen LogP) is 1.85. The van der Waals surface area contributed by atoms with Gasteiger partial charge in [-0.3, -0.25) is 19.3 Å². The van der Waals surface area contributed by atoms with E-state index in [1.165, 1.54) is 0 Å². The van der Waals surface area contributed by atoms with Crippen molar-refractivity contribution in [3.63, 3.8) is 0 Å². The molecule has 1 aromatic rings. The highest BCUT2D eigenvalue weighted by molar-refractivity contribution is 6.03. The first-order chi connectivity index (χ1) is 22.0. The molecule has 3 saturated heterocycles. The third-order valence-electron chi connectivity index (χ3n) is 9.80. The summed E-state index contributed by atoms with van der Waals surface area (Å²) in [4.78, 5) is 50.9. The molecule has 0 aromatic heterocycles. The molecule has 1 spiro atoms. The van der Waals surface area contributed by atoms with Crippen LogP contribution in [-0.2, 0) is 23.9 Å². The van der Waals surface area contributed by atoms with Gasteiger partial charge in [0.15, 0.2) is 0 Å². The molecule has 1 unspecified atom stereocenters. The number of unbranched alkanes of at least 4 members (excludes halogenated alkanes) is 3. The van der Waals surface area contributed by atoms with Gasteiger partial charge in [0.25, 0.3) is 0 Å². The minimum atomic E-state index is -1.23. The fraction of sp³-hybridized carbons (Fsp3) is 0.618. The Kier molecular flexibility index (Phi) is 9.89. The molecule has 244 valence electrons. The minimum absolute atomic E-state index is 0.129. The van der Waals surface area contributed by atoms with Crippen LogP contribution < -0.4 is 9.64 Å². The molecule has 0 radical (unpaired) electrons. The Morgan fingerprint density at radius 1 is 0.911 bits per heavy atom. The Labute approximate surface area is 265 Å². The number of carbonyl (C=O) groups excluding carboxylic acids is 3. The number of fused-ring (bicyclic) bond motifs is 2. The molecule has 0 bridgehead atoms. The maximum Gasteiger partial charge on any atom is 0.249 e. The molecule has 3 fully saturated rings. The molecular formula is C34H46N4O7. The first kappa shape index (κ1) is 31.7. The Bertz CT molecular complexity index is 1280. The van der Waals surface area contributed by atoms with E-state index in [0.717, 1.165) is 43.9 Å². The molecule has 1 N–H and O–H groups in total. The summed E-state index contributed by atoms with van der Waals surface area (Å²) in [6.07, 6.45) is 10.1. The van der Waals surface area contributed by atoms with E-state index >= 15 is 0 Å². The Balaban J connectivity index is 1.29. The number of nitrogens with zero attached hydrogens (tertiary/aromatic N) is 4. The van der Waals surface area contributed by atoms with Gasteiger partial charge in [-0.2, -0.15) is 0 Å². The zero-order chi connectivity index (χ0) is 31.4. The number of aliphatic hydroxyl groups is 1. The van der Waals surface area contributed by atoms with E-state index < -0.39 is 29.6 Å². The van der Waals surface area contributed by atoms with Gasteiger partial charge in [0.2, 0.25) is 17.7 Å². The number of rotatable bonds is 12. The number of likely N-dealkylation sites (tertiary alicyclic amines) is 1. The van der Waals surface area contributed by atoms with Crippen molar-refractivity contribution in [1.82, 2.24) is 14.7 Å². The topological polar surface area (TPSA) is 112 Å². The van der Waals surface area contributed by atoms with Gasteiger partial charge in [-0.25, -0.2) is 0 Å². The van der Waals surface area contributed by atoms with E-state index in [-0.39, 0.29) is 24.3 Å². The average Bonchev–Trinajstić information content (AvgIpc) is 3.36. The molecule has 6 rings (SSSR count). The highest BCUT2D eigenvalue weighted by Crippen LogP contribution is 2.53. The van der Waals surface area contributed by atoms with Crippen molar-refractivity contribution in [3.05, 3.63) is 48.6 Å². The van der Waals surface area contributed by atoms with Gasteiger partial charge in [0.1, 0.15) is 17.4 Å². The zero-order valence-electron chi connectivity index (χ0n) is 26.2. The van der Waals surface area contributed by atoms with Crippen molar-refractivity contribution >= 4 is 23.4 Å². The molecule has 0 saturated carbocycles.